The molecule has 0 bridgehead atoms. The maximum atomic E-state index is 13.2. The number of likely N-dealkylation sites (tertiary alicyclic amines) is 1. The monoisotopic (exact) mass is 335 g/mol. The second-order valence-corrected chi connectivity index (χ2v) is 6.23. The summed E-state index contributed by atoms with van der Waals surface area (Å²) in [4.78, 5) is 35.4. The van der Waals surface area contributed by atoms with E-state index < -0.39 is 10.7 Å². The summed E-state index contributed by atoms with van der Waals surface area (Å²) in [6.07, 6.45) is 3.30. The molecule has 3 rings (SSSR count). The van der Waals surface area contributed by atoms with E-state index in [2.05, 4.69) is 5.32 Å². The molecule has 0 spiro atoms. The number of nitrogens with zero attached hydrogens (tertiary/aromatic N) is 2. The van der Waals surface area contributed by atoms with Gasteiger partial charge in [0.25, 0.3) is 5.69 Å². The zero-order valence-corrected chi connectivity index (χ0v) is 13.0. The first-order valence-electron chi connectivity index (χ1n) is 8.01. The first-order valence-corrected chi connectivity index (χ1v) is 8.01. The van der Waals surface area contributed by atoms with Gasteiger partial charge in [-0.3, -0.25) is 24.6 Å². The van der Waals surface area contributed by atoms with Crippen LogP contribution in [0, 0.1) is 15.9 Å². The minimum Gasteiger partial charge on any atom is -0.377 e. The molecule has 24 heavy (non-hydrogen) atoms. The molecular weight excluding hydrogens is 317 g/mol. The SMILES string of the molecule is O=C1CCC(=O)N1C1CCC(Nc2ccc(F)cc2[N+](=O)[O-])CC1. The standard InChI is InChI=1S/C16H18FN3O4/c17-10-1-6-13(14(9-10)20(23)24)18-11-2-4-12(5-3-11)19-15(21)7-8-16(19)22/h1,6,9,11-12,18H,2-5,7-8H2. The molecule has 1 saturated heterocycles. The van der Waals surface area contributed by atoms with E-state index >= 15 is 0 Å². The number of hydrogen-bond acceptors (Lipinski definition) is 5. The number of hydrogen-bond donors (Lipinski definition) is 1. The number of halogens is 1. The van der Waals surface area contributed by atoms with Crippen molar-refractivity contribution in [3.05, 3.63) is 34.1 Å². The Morgan fingerprint density at radius 1 is 1.12 bits per heavy atom. The molecule has 7 nitrogen and oxygen atoms in total. The van der Waals surface area contributed by atoms with E-state index in [1.54, 1.807) is 0 Å². The van der Waals surface area contributed by atoms with Gasteiger partial charge in [-0.05, 0) is 37.8 Å². The summed E-state index contributed by atoms with van der Waals surface area (Å²) in [7, 11) is 0. The number of nitro groups is 1. The molecule has 128 valence electrons. The first-order chi connectivity index (χ1) is 11.5. The molecule has 1 aliphatic carbocycles. The van der Waals surface area contributed by atoms with Gasteiger partial charge in [-0.2, -0.15) is 0 Å². The normalized spacial score (nSPS) is 24.3. The van der Waals surface area contributed by atoms with Crippen molar-refractivity contribution in [2.24, 2.45) is 0 Å². The van der Waals surface area contributed by atoms with Gasteiger partial charge in [-0.1, -0.05) is 0 Å². The molecule has 0 radical (unpaired) electrons. The van der Waals surface area contributed by atoms with Crippen molar-refractivity contribution >= 4 is 23.2 Å². The van der Waals surface area contributed by atoms with Crippen LogP contribution in [0.2, 0.25) is 0 Å². The van der Waals surface area contributed by atoms with Crippen molar-refractivity contribution in [1.29, 1.82) is 0 Å². The second-order valence-electron chi connectivity index (χ2n) is 6.23. The highest BCUT2D eigenvalue weighted by Gasteiger charge is 2.37. The maximum absolute atomic E-state index is 13.2. The van der Waals surface area contributed by atoms with Crippen molar-refractivity contribution in [2.45, 2.75) is 50.6 Å². The van der Waals surface area contributed by atoms with E-state index in [1.165, 1.54) is 17.0 Å². The van der Waals surface area contributed by atoms with Crippen molar-refractivity contribution in [2.75, 3.05) is 5.32 Å². The van der Waals surface area contributed by atoms with Crippen molar-refractivity contribution < 1.29 is 18.9 Å². The highest BCUT2D eigenvalue weighted by molar-refractivity contribution is 6.02. The van der Waals surface area contributed by atoms with Gasteiger partial charge in [0.2, 0.25) is 11.8 Å². The van der Waals surface area contributed by atoms with Gasteiger partial charge in [0.15, 0.2) is 0 Å². The Kier molecular flexibility index (Phi) is 4.46. The summed E-state index contributed by atoms with van der Waals surface area (Å²) >= 11 is 0. The number of benzene rings is 1. The Morgan fingerprint density at radius 2 is 1.75 bits per heavy atom. The zero-order chi connectivity index (χ0) is 17.3. The quantitative estimate of drug-likeness (QED) is 0.519. The van der Waals surface area contributed by atoms with E-state index in [4.69, 9.17) is 0 Å². The molecule has 2 aliphatic rings. The predicted molar refractivity (Wildman–Crippen MR) is 83.8 cm³/mol. The van der Waals surface area contributed by atoms with E-state index in [0.29, 0.717) is 38.5 Å². The average Bonchev–Trinajstić information content (AvgIpc) is 2.89. The molecule has 2 fully saturated rings. The van der Waals surface area contributed by atoms with Crippen LogP contribution in [0.4, 0.5) is 15.8 Å². The van der Waals surface area contributed by atoms with Crippen LogP contribution in [0.3, 0.4) is 0 Å². The highest BCUT2D eigenvalue weighted by atomic mass is 19.1. The van der Waals surface area contributed by atoms with Gasteiger partial charge in [0, 0.05) is 24.9 Å². The molecule has 1 saturated carbocycles. The number of anilines is 1. The molecule has 1 aromatic rings. The number of amides is 2. The first kappa shape index (κ1) is 16.4. The number of nitrogens with one attached hydrogen (secondary N) is 1. The zero-order valence-electron chi connectivity index (χ0n) is 13.0. The van der Waals surface area contributed by atoms with E-state index in [9.17, 15) is 24.1 Å². The molecule has 2 amide bonds. The van der Waals surface area contributed by atoms with Gasteiger partial charge < -0.3 is 5.32 Å². The van der Waals surface area contributed by atoms with Gasteiger partial charge in [0.1, 0.15) is 11.5 Å². The number of imide groups is 1. The molecule has 1 aliphatic heterocycles. The lowest BCUT2D eigenvalue weighted by Crippen LogP contribution is -2.43. The Bertz CT molecular complexity index is 670. The summed E-state index contributed by atoms with van der Waals surface area (Å²) in [5.41, 5.74) is 0.000183. The molecule has 1 heterocycles. The van der Waals surface area contributed by atoms with Crippen LogP contribution >= 0.6 is 0 Å². The Morgan fingerprint density at radius 3 is 2.33 bits per heavy atom. The summed E-state index contributed by atoms with van der Waals surface area (Å²) < 4.78 is 13.2. The molecule has 0 aromatic heterocycles. The minimum atomic E-state index is -0.651. The third kappa shape index (κ3) is 3.22. The topological polar surface area (TPSA) is 92.6 Å². The van der Waals surface area contributed by atoms with E-state index in [1.807, 2.05) is 0 Å². The summed E-state index contributed by atoms with van der Waals surface area (Å²) in [6, 6.07) is 3.37. The van der Waals surface area contributed by atoms with Crippen molar-refractivity contribution in [3.63, 3.8) is 0 Å². The van der Waals surface area contributed by atoms with E-state index in [-0.39, 0.29) is 35.3 Å². The third-order valence-electron chi connectivity index (χ3n) is 4.67. The third-order valence-corrected chi connectivity index (χ3v) is 4.67. The molecule has 1 aromatic carbocycles. The van der Waals surface area contributed by atoms with Crippen LogP contribution in [-0.2, 0) is 9.59 Å². The van der Waals surface area contributed by atoms with E-state index in [0.717, 1.165) is 6.07 Å². The summed E-state index contributed by atoms with van der Waals surface area (Å²) in [5, 5.41) is 14.1. The van der Waals surface area contributed by atoms with Crippen LogP contribution in [0.25, 0.3) is 0 Å². The number of carbonyl (C=O) groups excluding carboxylic acids is 2. The average molecular weight is 335 g/mol. The molecule has 8 heteroatoms. The minimum absolute atomic E-state index is 0.00165. The van der Waals surface area contributed by atoms with Crippen LogP contribution in [0.5, 0.6) is 0 Å². The second kappa shape index (κ2) is 6.54. The Hall–Kier alpha value is -2.51. The van der Waals surface area contributed by atoms with Gasteiger partial charge in [-0.25, -0.2) is 4.39 Å². The van der Waals surface area contributed by atoms with Crippen molar-refractivity contribution in [1.82, 2.24) is 4.90 Å². The predicted octanol–water partition coefficient (Wildman–Crippen LogP) is 2.61. The smallest absolute Gasteiger partial charge is 0.295 e. The van der Waals surface area contributed by atoms with Crippen LogP contribution in [0.15, 0.2) is 18.2 Å². The maximum Gasteiger partial charge on any atom is 0.295 e. The fraction of sp³-hybridized carbons (Fsp3) is 0.500. The number of rotatable bonds is 4. The van der Waals surface area contributed by atoms with Gasteiger partial charge in [0.05, 0.1) is 11.0 Å². The number of carbonyl (C=O) groups is 2. The molecule has 0 atom stereocenters. The van der Waals surface area contributed by atoms with Gasteiger partial charge >= 0.3 is 0 Å². The summed E-state index contributed by atoms with van der Waals surface area (Å²) in [6.45, 7) is 0. The fourth-order valence-corrected chi connectivity index (χ4v) is 3.48. The lowest BCUT2D eigenvalue weighted by Gasteiger charge is -2.34. The Balaban J connectivity index is 1.63. The highest BCUT2D eigenvalue weighted by Crippen LogP contribution is 2.31. The molecular formula is C16H18FN3O4. The number of nitro benzene ring substituents is 1. The van der Waals surface area contributed by atoms with Crippen LogP contribution in [-0.4, -0.2) is 33.7 Å². The largest absolute Gasteiger partial charge is 0.377 e. The lowest BCUT2D eigenvalue weighted by molar-refractivity contribution is -0.384. The van der Waals surface area contributed by atoms with Gasteiger partial charge in [-0.15, -0.1) is 0 Å². The summed E-state index contributed by atoms with van der Waals surface area (Å²) in [5.74, 6) is -0.863. The Labute approximate surface area is 138 Å². The van der Waals surface area contributed by atoms with Crippen molar-refractivity contribution in [3.8, 4) is 0 Å². The van der Waals surface area contributed by atoms with Crippen LogP contribution in [0.1, 0.15) is 38.5 Å². The molecule has 1 N–H and O–H groups in total. The molecule has 0 unspecified atom stereocenters. The fourth-order valence-electron chi connectivity index (χ4n) is 3.48. The lowest BCUT2D eigenvalue weighted by atomic mass is 9.90. The van der Waals surface area contributed by atoms with Crippen LogP contribution < -0.4 is 5.32 Å².